The van der Waals surface area contributed by atoms with Crippen LogP contribution in [0.3, 0.4) is 0 Å². The fourth-order valence-corrected chi connectivity index (χ4v) is 3.37. The molecule has 2 atom stereocenters. The normalized spacial score (nSPS) is 20.0. The number of hydrogen-bond acceptors (Lipinski definition) is 3. The van der Waals surface area contributed by atoms with Gasteiger partial charge in [0.05, 0.1) is 6.42 Å². The number of rotatable bonds is 4. The lowest BCUT2D eigenvalue weighted by molar-refractivity contribution is -0.121. The number of aliphatic hydroxyl groups is 1. The monoisotopic (exact) mass is 321 g/mol. The maximum atomic E-state index is 12.2. The van der Waals surface area contributed by atoms with Crippen molar-refractivity contribution in [3.63, 3.8) is 0 Å². The first-order chi connectivity index (χ1) is 11.7. The van der Waals surface area contributed by atoms with Gasteiger partial charge in [0.15, 0.2) is 0 Å². The van der Waals surface area contributed by atoms with E-state index in [1.165, 1.54) is 0 Å². The van der Waals surface area contributed by atoms with Crippen LogP contribution in [0.25, 0.3) is 21.7 Å². The molecule has 122 valence electrons. The number of furan rings is 1. The minimum absolute atomic E-state index is 0.000131. The summed E-state index contributed by atoms with van der Waals surface area (Å²) in [5.41, 5.74) is 0.803. The van der Waals surface area contributed by atoms with Crippen molar-refractivity contribution in [3.8, 4) is 0 Å². The van der Waals surface area contributed by atoms with Crippen LogP contribution in [0.5, 0.6) is 0 Å². The first-order valence-electron chi connectivity index (χ1n) is 8.21. The van der Waals surface area contributed by atoms with Gasteiger partial charge in [0.2, 0.25) is 5.91 Å². The van der Waals surface area contributed by atoms with Gasteiger partial charge in [-0.1, -0.05) is 42.5 Å². The van der Waals surface area contributed by atoms with Crippen LogP contribution in [-0.2, 0) is 11.2 Å². The second kappa shape index (κ2) is 6.13. The van der Waals surface area contributed by atoms with Crippen LogP contribution in [0.15, 0.2) is 59.0 Å². The Labute approximate surface area is 139 Å². The second-order valence-electron chi connectivity index (χ2n) is 6.33. The maximum Gasteiger partial charge on any atom is 0.228 e. The molecule has 1 aromatic heterocycles. The number of carbonyl (C=O) groups excluding carboxylic acids is 1. The standard InChI is InChI=1S/C20H19NO3/c22-12-13-5-7-15(9-13)21-20(23)11-16-10-18-17-4-2-1-3-14(17)6-8-19(18)24-16/h1-8,10,13,15,22H,9,11-12H2,(H,21,23)/t13-,15+/m0/s1. The van der Waals surface area contributed by atoms with Crippen molar-refractivity contribution < 1.29 is 14.3 Å². The highest BCUT2D eigenvalue weighted by molar-refractivity contribution is 6.06. The summed E-state index contributed by atoms with van der Waals surface area (Å²) in [7, 11) is 0. The van der Waals surface area contributed by atoms with Crippen LogP contribution < -0.4 is 5.32 Å². The molecular formula is C20H19NO3. The summed E-state index contributed by atoms with van der Waals surface area (Å²) in [6.45, 7) is 0.125. The number of nitrogens with one attached hydrogen (secondary N) is 1. The summed E-state index contributed by atoms with van der Waals surface area (Å²) in [5.74, 6) is 0.749. The van der Waals surface area contributed by atoms with Crippen molar-refractivity contribution in [1.29, 1.82) is 0 Å². The molecule has 0 aliphatic heterocycles. The van der Waals surface area contributed by atoms with E-state index >= 15 is 0 Å². The third-order valence-corrected chi connectivity index (χ3v) is 4.57. The molecule has 0 radical (unpaired) electrons. The van der Waals surface area contributed by atoms with Crippen molar-refractivity contribution in [2.24, 2.45) is 5.92 Å². The molecule has 0 saturated carbocycles. The highest BCUT2D eigenvalue weighted by atomic mass is 16.3. The zero-order chi connectivity index (χ0) is 16.5. The van der Waals surface area contributed by atoms with Crippen molar-refractivity contribution in [3.05, 3.63) is 60.4 Å². The Hall–Kier alpha value is -2.59. The van der Waals surface area contributed by atoms with E-state index in [2.05, 4.69) is 17.4 Å². The highest BCUT2D eigenvalue weighted by Gasteiger charge is 2.20. The second-order valence-corrected chi connectivity index (χ2v) is 6.33. The molecular weight excluding hydrogens is 302 g/mol. The molecule has 3 aromatic rings. The van der Waals surface area contributed by atoms with Crippen LogP contribution in [0.2, 0.25) is 0 Å². The van der Waals surface area contributed by atoms with E-state index in [9.17, 15) is 4.79 Å². The number of carbonyl (C=O) groups is 1. The Morgan fingerprint density at radius 2 is 2.04 bits per heavy atom. The van der Waals surface area contributed by atoms with Crippen molar-refractivity contribution in [1.82, 2.24) is 5.32 Å². The Morgan fingerprint density at radius 3 is 2.88 bits per heavy atom. The van der Waals surface area contributed by atoms with Gasteiger partial charge in [-0.3, -0.25) is 4.79 Å². The molecule has 0 fully saturated rings. The van der Waals surface area contributed by atoms with Gasteiger partial charge < -0.3 is 14.8 Å². The Bertz CT molecular complexity index is 925. The lowest BCUT2D eigenvalue weighted by Gasteiger charge is -2.11. The number of aliphatic hydroxyl groups excluding tert-OH is 1. The molecule has 1 aliphatic carbocycles. The number of hydrogen-bond donors (Lipinski definition) is 2. The zero-order valence-corrected chi connectivity index (χ0v) is 13.2. The minimum atomic E-state index is -0.0633. The molecule has 4 heteroatoms. The predicted octanol–water partition coefficient (Wildman–Crippen LogP) is 3.18. The Balaban J connectivity index is 1.51. The van der Waals surface area contributed by atoms with Crippen LogP contribution in [0.1, 0.15) is 12.2 Å². The topological polar surface area (TPSA) is 62.5 Å². The summed E-state index contributed by atoms with van der Waals surface area (Å²) in [5, 5.41) is 15.5. The molecule has 2 aromatic carbocycles. The molecule has 24 heavy (non-hydrogen) atoms. The zero-order valence-electron chi connectivity index (χ0n) is 13.2. The molecule has 0 spiro atoms. The molecule has 0 unspecified atom stereocenters. The van der Waals surface area contributed by atoms with Gasteiger partial charge in [0.25, 0.3) is 0 Å². The SMILES string of the molecule is O=C(Cc1cc2c(ccc3ccccc32)o1)N[C@@H]1C=C[C@H](CO)C1. The fourth-order valence-electron chi connectivity index (χ4n) is 3.37. The van der Waals surface area contributed by atoms with E-state index in [0.29, 0.717) is 5.76 Å². The highest BCUT2D eigenvalue weighted by Crippen LogP contribution is 2.28. The fraction of sp³-hybridized carbons (Fsp3) is 0.250. The summed E-state index contributed by atoms with van der Waals surface area (Å²) in [6, 6.07) is 14.1. The third-order valence-electron chi connectivity index (χ3n) is 4.57. The molecule has 0 bridgehead atoms. The average molecular weight is 321 g/mol. The number of benzene rings is 2. The predicted molar refractivity (Wildman–Crippen MR) is 93.7 cm³/mol. The number of fused-ring (bicyclic) bond motifs is 3. The van der Waals surface area contributed by atoms with E-state index in [1.807, 2.05) is 42.5 Å². The Kier molecular flexibility index (Phi) is 3.82. The molecule has 0 saturated heterocycles. The van der Waals surface area contributed by atoms with E-state index in [1.54, 1.807) is 0 Å². The average Bonchev–Trinajstić information content (AvgIpc) is 3.20. The third kappa shape index (κ3) is 2.81. The van der Waals surface area contributed by atoms with Crippen molar-refractivity contribution in [2.75, 3.05) is 6.61 Å². The first kappa shape index (κ1) is 15.0. The van der Waals surface area contributed by atoms with Gasteiger partial charge in [0.1, 0.15) is 11.3 Å². The molecule has 4 rings (SSSR count). The van der Waals surface area contributed by atoms with Crippen LogP contribution in [0.4, 0.5) is 0 Å². The summed E-state index contributed by atoms with van der Waals surface area (Å²) in [4.78, 5) is 12.2. The maximum absolute atomic E-state index is 12.2. The van der Waals surface area contributed by atoms with Crippen LogP contribution in [-0.4, -0.2) is 23.7 Å². The molecule has 2 N–H and O–H groups in total. The van der Waals surface area contributed by atoms with Crippen LogP contribution in [0, 0.1) is 5.92 Å². The van der Waals surface area contributed by atoms with E-state index in [-0.39, 0.29) is 30.9 Å². The smallest absolute Gasteiger partial charge is 0.228 e. The first-order valence-corrected chi connectivity index (χ1v) is 8.21. The van der Waals surface area contributed by atoms with E-state index in [4.69, 9.17) is 9.52 Å². The molecule has 4 nitrogen and oxygen atoms in total. The van der Waals surface area contributed by atoms with Gasteiger partial charge in [0, 0.05) is 24.0 Å². The van der Waals surface area contributed by atoms with Crippen molar-refractivity contribution in [2.45, 2.75) is 18.9 Å². The summed E-state index contributed by atoms with van der Waals surface area (Å²) >= 11 is 0. The lowest BCUT2D eigenvalue weighted by Crippen LogP contribution is -2.33. The lowest BCUT2D eigenvalue weighted by atomic mass is 10.1. The van der Waals surface area contributed by atoms with E-state index < -0.39 is 0 Å². The van der Waals surface area contributed by atoms with E-state index in [0.717, 1.165) is 28.2 Å². The quantitative estimate of drug-likeness (QED) is 0.726. The number of amides is 1. The minimum Gasteiger partial charge on any atom is -0.461 e. The van der Waals surface area contributed by atoms with Gasteiger partial charge in [-0.2, -0.15) is 0 Å². The Morgan fingerprint density at radius 1 is 1.17 bits per heavy atom. The largest absolute Gasteiger partial charge is 0.461 e. The summed E-state index contributed by atoms with van der Waals surface area (Å²) < 4.78 is 5.83. The van der Waals surface area contributed by atoms with Gasteiger partial charge in [-0.05, 0) is 29.3 Å². The summed E-state index contributed by atoms with van der Waals surface area (Å²) in [6.07, 6.45) is 4.88. The van der Waals surface area contributed by atoms with Crippen molar-refractivity contribution >= 4 is 27.6 Å². The van der Waals surface area contributed by atoms with Gasteiger partial charge >= 0.3 is 0 Å². The molecule has 1 aliphatic rings. The van der Waals surface area contributed by atoms with Gasteiger partial charge in [-0.15, -0.1) is 0 Å². The van der Waals surface area contributed by atoms with Gasteiger partial charge in [-0.25, -0.2) is 0 Å². The molecule has 1 heterocycles. The van der Waals surface area contributed by atoms with Crippen LogP contribution >= 0.6 is 0 Å². The molecule has 1 amide bonds.